The number of ether oxygens (including phenoxy) is 3. The van der Waals surface area contributed by atoms with Crippen LogP contribution in [-0.2, 0) is 21.3 Å². The number of aromatic nitrogens is 3. The average Bonchev–Trinajstić information content (AvgIpc) is 2.86. The lowest BCUT2D eigenvalue weighted by Crippen LogP contribution is -2.39. The van der Waals surface area contributed by atoms with Crippen LogP contribution < -0.4 is 10.1 Å². The summed E-state index contributed by atoms with van der Waals surface area (Å²) in [5.74, 6) is 0.195. The Hall–Kier alpha value is -2.19. The Kier molecular flexibility index (Phi) is 6.72. The first-order valence-corrected chi connectivity index (χ1v) is 8.22. The molecular weight excluding hydrogens is 324 g/mol. The Morgan fingerprint density at radius 1 is 1.36 bits per heavy atom. The topological polar surface area (TPSA) is 87.5 Å². The van der Waals surface area contributed by atoms with Crippen LogP contribution in [0.2, 0.25) is 0 Å². The largest absolute Gasteiger partial charge is 0.466 e. The van der Waals surface area contributed by atoms with Crippen molar-refractivity contribution in [3.05, 3.63) is 17.3 Å². The van der Waals surface area contributed by atoms with E-state index in [1.165, 1.54) is 0 Å². The Labute approximate surface area is 147 Å². The van der Waals surface area contributed by atoms with Crippen LogP contribution in [0.3, 0.4) is 0 Å². The van der Waals surface area contributed by atoms with Gasteiger partial charge in [-0.15, -0.1) is 5.10 Å². The van der Waals surface area contributed by atoms with E-state index in [1.807, 2.05) is 26.8 Å². The van der Waals surface area contributed by atoms with Crippen molar-refractivity contribution < 1.29 is 19.0 Å². The highest BCUT2D eigenvalue weighted by atomic mass is 16.5. The number of hydrogen-bond acceptors (Lipinski definition) is 6. The third kappa shape index (κ3) is 5.14. The molecule has 0 saturated heterocycles. The lowest BCUT2D eigenvalue weighted by atomic mass is 10.2. The number of amides is 1. The zero-order valence-electron chi connectivity index (χ0n) is 15.5. The molecule has 0 saturated carbocycles. The summed E-state index contributed by atoms with van der Waals surface area (Å²) >= 11 is 0. The minimum absolute atomic E-state index is 0.109. The van der Waals surface area contributed by atoms with Crippen molar-refractivity contribution in [3.63, 3.8) is 0 Å². The number of aryl methyl sites for hydroxylation is 3. The van der Waals surface area contributed by atoms with Gasteiger partial charge in [0.05, 0.1) is 25.2 Å². The molecule has 1 N–H and O–H groups in total. The summed E-state index contributed by atoms with van der Waals surface area (Å²) in [7, 11) is 3.42. The maximum absolute atomic E-state index is 12.0. The van der Waals surface area contributed by atoms with Crippen LogP contribution in [0.5, 0.6) is 5.88 Å². The molecule has 0 bridgehead atoms. The van der Waals surface area contributed by atoms with Gasteiger partial charge in [0.1, 0.15) is 0 Å². The second-order valence-corrected chi connectivity index (χ2v) is 6.03. The Bertz CT molecular complexity index is 729. The van der Waals surface area contributed by atoms with E-state index < -0.39 is 0 Å². The molecule has 2 rings (SSSR count). The van der Waals surface area contributed by atoms with Crippen molar-refractivity contribution in [2.75, 3.05) is 33.5 Å². The zero-order chi connectivity index (χ0) is 18.4. The Morgan fingerprint density at radius 2 is 2.12 bits per heavy atom. The molecule has 1 amide bonds. The molecule has 0 fully saturated rings. The van der Waals surface area contributed by atoms with Crippen LogP contribution in [0, 0.1) is 13.8 Å². The maximum atomic E-state index is 12.0. The maximum Gasteiger partial charge on any atom is 0.258 e. The van der Waals surface area contributed by atoms with Gasteiger partial charge in [0.25, 0.3) is 5.91 Å². The monoisotopic (exact) mass is 350 g/mol. The number of pyridine rings is 1. The van der Waals surface area contributed by atoms with Crippen LogP contribution in [0.15, 0.2) is 6.07 Å². The third-order valence-electron chi connectivity index (χ3n) is 3.63. The van der Waals surface area contributed by atoms with Gasteiger partial charge in [-0.05, 0) is 32.4 Å². The fourth-order valence-corrected chi connectivity index (χ4v) is 2.54. The van der Waals surface area contributed by atoms with Crippen molar-refractivity contribution >= 4 is 16.9 Å². The van der Waals surface area contributed by atoms with Crippen LogP contribution in [-0.4, -0.2) is 60.3 Å². The molecule has 138 valence electrons. The van der Waals surface area contributed by atoms with Crippen molar-refractivity contribution in [3.8, 4) is 5.88 Å². The second kappa shape index (κ2) is 8.77. The fourth-order valence-electron chi connectivity index (χ4n) is 2.54. The van der Waals surface area contributed by atoms with Gasteiger partial charge >= 0.3 is 0 Å². The summed E-state index contributed by atoms with van der Waals surface area (Å²) in [4.78, 5) is 16.5. The number of nitrogens with zero attached hydrogens (tertiary/aromatic N) is 3. The highest BCUT2D eigenvalue weighted by Crippen LogP contribution is 2.26. The number of carbonyl (C=O) groups excluding carboxylic acids is 1. The van der Waals surface area contributed by atoms with Crippen molar-refractivity contribution in [1.82, 2.24) is 20.1 Å². The molecule has 0 aliphatic rings. The summed E-state index contributed by atoms with van der Waals surface area (Å²) in [5.41, 5.74) is 2.68. The lowest BCUT2D eigenvalue weighted by Gasteiger charge is -2.14. The lowest BCUT2D eigenvalue weighted by molar-refractivity contribution is -0.124. The van der Waals surface area contributed by atoms with E-state index in [-0.39, 0.29) is 18.6 Å². The predicted octanol–water partition coefficient (Wildman–Crippen LogP) is 1.13. The normalized spacial score (nSPS) is 12.4. The molecule has 2 aromatic heterocycles. The summed E-state index contributed by atoms with van der Waals surface area (Å²) < 4.78 is 17.6. The first-order valence-electron chi connectivity index (χ1n) is 8.22. The summed E-state index contributed by atoms with van der Waals surface area (Å²) in [6, 6.07) is 1.86. The summed E-state index contributed by atoms with van der Waals surface area (Å²) in [6.07, 6.45) is 0. The summed E-state index contributed by atoms with van der Waals surface area (Å²) in [5, 5.41) is 7.98. The second-order valence-electron chi connectivity index (χ2n) is 6.03. The molecular formula is C17H26N4O4. The quantitative estimate of drug-likeness (QED) is 0.682. The van der Waals surface area contributed by atoms with E-state index in [4.69, 9.17) is 14.2 Å². The van der Waals surface area contributed by atoms with Crippen LogP contribution >= 0.6 is 0 Å². The average molecular weight is 350 g/mol. The van der Waals surface area contributed by atoms with Gasteiger partial charge in [0, 0.05) is 25.9 Å². The first-order chi connectivity index (χ1) is 11.9. The molecule has 8 nitrogen and oxygen atoms in total. The predicted molar refractivity (Wildman–Crippen MR) is 93.8 cm³/mol. The summed E-state index contributed by atoms with van der Waals surface area (Å²) in [6.45, 7) is 7.13. The van der Waals surface area contributed by atoms with E-state index in [0.717, 1.165) is 22.3 Å². The molecule has 0 radical (unpaired) electrons. The van der Waals surface area contributed by atoms with Crippen molar-refractivity contribution in [2.45, 2.75) is 26.8 Å². The van der Waals surface area contributed by atoms with Gasteiger partial charge < -0.3 is 19.5 Å². The molecule has 1 atom stereocenters. The van der Waals surface area contributed by atoms with Gasteiger partial charge in [-0.25, -0.2) is 9.67 Å². The van der Waals surface area contributed by atoms with Crippen LogP contribution in [0.4, 0.5) is 0 Å². The Balaban J connectivity index is 1.91. The minimum Gasteiger partial charge on any atom is -0.466 e. The van der Waals surface area contributed by atoms with Gasteiger partial charge in [0.2, 0.25) is 5.88 Å². The highest BCUT2D eigenvalue weighted by Gasteiger charge is 2.16. The van der Waals surface area contributed by atoms with Crippen LogP contribution in [0.25, 0.3) is 11.0 Å². The van der Waals surface area contributed by atoms with E-state index in [9.17, 15) is 4.79 Å². The highest BCUT2D eigenvalue weighted by molar-refractivity contribution is 5.85. The molecule has 0 aliphatic carbocycles. The number of fused-ring (bicyclic) bond motifs is 1. The van der Waals surface area contributed by atoms with Crippen molar-refractivity contribution in [1.29, 1.82) is 0 Å². The molecule has 0 aromatic carbocycles. The smallest absolute Gasteiger partial charge is 0.258 e. The van der Waals surface area contributed by atoms with Gasteiger partial charge in [-0.2, -0.15) is 0 Å². The van der Waals surface area contributed by atoms with Gasteiger partial charge in [-0.1, -0.05) is 0 Å². The SMILES string of the molecule is COCCOC[C@@H](C)NC(=O)COc1nn(C)c2nc(C)cc(C)c12. The van der Waals surface area contributed by atoms with E-state index in [0.29, 0.717) is 25.7 Å². The van der Waals surface area contributed by atoms with E-state index in [2.05, 4.69) is 15.4 Å². The van der Waals surface area contributed by atoms with E-state index >= 15 is 0 Å². The molecule has 0 aliphatic heterocycles. The molecule has 8 heteroatoms. The molecule has 2 aromatic rings. The van der Waals surface area contributed by atoms with Crippen LogP contribution in [0.1, 0.15) is 18.2 Å². The van der Waals surface area contributed by atoms with E-state index in [1.54, 1.807) is 18.8 Å². The molecule has 2 heterocycles. The molecule has 0 spiro atoms. The van der Waals surface area contributed by atoms with Gasteiger partial charge in [-0.3, -0.25) is 4.79 Å². The Morgan fingerprint density at radius 3 is 2.84 bits per heavy atom. The number of nitrogens with one attached hydrogen (secondary N) is 1. The minimum atomic E-state index is -0.223. The fraction of sp³-hybridized carbons (Fsp3) is 0.588. The van der Waals surface area contributed by atoms with Crippen molar-refractivity contribution in [2.24, 2.45) is 7.05 Å². The first kappa shape index (κ1) is 19.1. The number of hydrogen-bond donors (Lipinski definition) is 1. The molecule has 0 unspecified atom stereocenters. The third-order valence-corrected chi connectivity index (χ3v) is 3.63. The van der Waals surface area contributed by atoms with Gasteiger partial charge in [0.15, 0.2) is 12.3 Å². The number of rotatable bonds is 9. The zero-order valence-corrected chi connectivity index (χ0v) is 15.5. The standard InChI is InChI=1S/C17H26N4O4/c1-11-8-12(2)19-16-15(11)17(20-21(16)4)25-10-14(22)18-13(3)9-24-7-6-23-5/h8,13H,6-7,9-10H2,1-5H3,(H,18,22)/t13-/m1/s1. The number of methoxy groups -OCH3 is 1. The molecule has 25 heavy (non-hydrogen) atoms. The number of carbonyl (C=O) groups is 1.